The average molecular weight is 257 g/mol. The zero-order valence-corrected chi connectivity index (χ0v) is 11.0. The van der Waals surface area contributed by atoms with Crippen LogP contribution in [0.15, 0.2) is 11.2 Å². The number of ether oxygens (including phenoxy) is 1. The Labute approximate surface area is 106 Å². The van der Waals surface area contributed by atoms with Gasteiger partial charge in [-0.25, -0.2) is 15.8 Å². The lowest BCUT2D eigenvalue weighted by molar-refractivity contribution is 0.147. The Balaban J connectivity index is 2.46. The summed E-state index contributed by atoms with van der Waals surface area (Å²) in [7, 11) is 0. The second-order valence-electron chi connectivity index (χ2n) is 3.25. The number of rotatable bonds is 8. The van der Waals surface area contributed by atoms with Gasteiger partial charge in [0.05, 0.1) is 0 Å². The maximum absolute atomic E-state index is 5.34. The Morgan fingerprint density at radius 3 is 2.82 bits per heavy atom. The maximum atomic E-state index is 5.34. The molecule has 0 atom stereocenters. The number of nitrogens with zero attached hydrogens (tertiary/aromatic N) is 2. The zero-order valence-electron chi connectivity index (χ0n) is 10.2. The van der Waals surface area contributed by atoms with E-state index in [1.54, 1.807) is 6.07 Å². The highest BCUT2D eigenvalue weighted by atomic mass is 32.2. The molecule has 17 heavy (non-hydrogen) atoms. The van der Waals surface area contributed by atoms with Gasteiger partial charge in [0.1, 0.15) is 11.6 Å². The molecule has 1 aromatic rings. The molecule has 6 nitrogen and oxygen atoms in total. The zero-order chi connectivity index (χ0) is 12.5. The van der Waals surface area contributed by atoms with Gasteiger partial charge in [-0.1, -0.05) is 11.8 Å². The highest BCUT2D eigenvalue weighted by molar-refractivity contribution is 7.98. The van der Waals surface area contributed by atoms with Crippen molar-refractivity contribution in [3.8, 4) is 0 Å². The fraction of sp³-hybridized carbons (Fsp3) is 0.600. The first-order chi connectivity index (χ1) is 8.30. The molecule has 0 aliphatic rings. The lowest BCUT2D eigenvalue weighted by Gasteiger charge is -2.08. The highest BCUT2D eigenvalue weighted by Crippen LogP contribution is 2.16. The number of nitrogen functional groups attached to an aromatic ring is 1. The van der Waals surface area contributed by atoms with Crippen molar-refractivity contribution in [2.45, 2.75) is 18.5 Å². The number of aromatic nitrogens is 2. The Hall–Kier alpha value is -1.05. The van der Waals surface area contributed by atoms with Crippen LogP contribution >= 0.6 is 11.8 Å². The predicted octanol–water partition coefficient (Wildman–Crippen LogP) is 1.32. The first kappa shape index (κ1) is 14.0. The van der Waals surface area contributed by atoms with Gasteiger partial charge in [0.15, 0.2) is 5.16 Å². The third-order valence-corrected chi connectivity index (χ3v) is 2.56. The van der Waals surface area contributed by atoms with Crippen molar-refractivity contribution in [2.75, 3.05) is 36.8 Å². The van der Waals surface area contributed by atoms with Crippen LogP contribution in [0.3, 0.4) is 0 Å². The predicted molar refractivity (Wildman–Crippen MR) is 71.2 cm³/mol. The van der Waals surface area contributed by atoms with Crippen molar-refractivity contribution in [3.05, 3.63) is 6.07 Å². The quantitative estimate of drug-likeness (QED) is 0.213. The summed E-state index contributed by atoms with van der Waals surface area (Å²) in [5, 5.41) is 3.90. The molecule has 0 aliphatic carbocycles. The summed E-state index contributed by atoms with van der Waals surface area (Å²) in [5.41, 5.74) is 2.52. The molecule has 96 valence electrons. The minimum absolute atomic E-state index is 0.608. The van der Waals surface area contributed by atoms with Gasteiger partial charge >= 0.3 is 0 Å². The van der Waals surface area contributed by atoms with Crippen LogP contribution in [0.25, 0.3) is 0 Å². The van der Waals surface area contributed by atoms with Crippen LogP contribution < -0.4 is 16.6 Å². The molecule has 0 spiro atoms. The van der Waals surface area contributed by atoms with Gasteiger partial charge in [-0.3, -0.25) is 0 Å². The van der Waals surface area contributed by atoms with Gasteiger partial charge in [-0.2, -0.15) is 0 Å². The van der Waals surface area contributed by atoms with E-state index in [1.807, 2.05) is 13.2 Å². The summed E-state index contributed by atoms with van der Waals surface area (Å²) in [6, 6.07) is 1.78. The van der Waals surface area contributed by atoms with E-state index in [1.165, 1.54) is 11.8 Å². The molecule has 0 saturated heterocycles. The Morgan fingerprint density at radius 2 is 2.18 bits per heavy atom. The van der Waals surface area contributed by atoms with Crippen LogP contribution in [0.1, 0.15) is 13.3 Å². The number of anilines is 2. The number of nitrogens with one attached hydrogen (secondary N) is 2. The molecule has 1 heterocycles. The first-order valence-electron chi connectivity index (χ1n) is 5.51. The van der Waals surface area contributed by atoms with Crippen LogP contribution in [-0.2, 0) is 4.74 Å². The van der Waals surface area contributed by atoms with Crippen molar-refractivity contribution in [2.24, 2.45) is 5.84 Å². The highest BCUT2D eigenvalue weighted by Gasteiger charge is 2.02. The molecule has 0 saturated carbocycles. The normalized spacial score (nSPS) is 10.3. The van der Waals surface area contributed by atoms with Crippen molar-refractivity contribution in [1.29, 1.82) is 0 Å². The van der Waals surface area contributed by atoms with Gasteiger partial charge in [0, 0.05) is 25.8 Å². The van der Waals surface area contributed by atoms with Crippen LogP contribution in [0.4, 0.5) is 11.6 Å². The van der Waals surface area contributed by atoms with Gasteiger partial charge in [-0.15, -0.1) is 0 Å². The van der Waals surface area contributed by atoms with Crippen LogP contribution in [0.5, 0.6) is 0 Å². The van der Waals surface area contributed by atoms with Gasteiger partial charge in [-0.05, 0) is 19.6 Å². The average Bonchev–Trinajstić information content (AvgIpc) is 2.38. The second-order valence-corrected chi connectivity index (χ2v) is 4.02. The largest absolute Gasteiger partial charge is 0.382 e. The molecule has 0 bridgehead atoms. The van der Waals surface area contributed by atoms with Gasteiger partial charge in [0.25, 0.3) is 0 Å². The van der Waals surface area contributed by atoms with Crippen molar-refractivity contribution < 1.29 is 4.74 Å². The molecule has 7 heteroatoms. The molecule has 0 fully saturated rings. The van der Waals surface area contributed by atoms with Crippen LogP contribution in [0.2, 0.25) is 0 Å². The summed E-state index contributed by atoms with van der Waals surface area (Å²) in [6.07, 6.45) is 2.87. The first-order valence-corrected chi connectivity index (χ1v) is 6.74. The SMILES string of the molecule is CCOCCCNc1cc(NN)nc(SC)n1. The maximum Gasteiger partial charge on any atom is 0.191 e. The minimum atomic E-state index is 0.608. The topological polar surface area (TPSA) is 85.1 Å². The lowest BCUT2D eigenvalue weighted by Crippen LogP contribution is -2.12. The van der Waals surface area contributed by atoms with E-state index in [-0.39, 0.29) is 0 Å². The van der Waals surface area contributed by atoms with Crippen molar-refractivity contribution in [3.63, 3.8) is 0 Å². The fourth-order valence-corrected chi connectivity index (χ4v) is 1.60. The number of hydrazine groups is 1. The molecule has 0 aromatic carbocycles. The molecular weight excluding hydrogens is 238 g/mol. The molecular formula is C10H19N5OS. The minimum Gasteiger partial charge on any atom is -0.382 e. The summed E-state index contributed by atoms with van der Waals surface area (Å²) >= 11 is 1.48. The number of hydrogen-bond donors (Lipinski definition) is 3. The fourth-order valence-electron chi connectivity index (χ4n) is 1.22. The molecule has 1 aromatic heterocycles. The van der Waals surface area contributed by atoms with E-state index in [9.17, 15) is 0 Å². The lowest BCUT2D eigenvalue weighted by atomic mass is 10.4. The smallest absolute Gasteiger partial charge is 0.191 e. The molecule has 0 aliphatic heterocycles. The summed E-state index contributed by atoms with van der Waals surface area (Å²) in [5.74, 6) is 6.72. The number of thioether (sulfide) groups is 1. The molecule has 0 unspecified atom stereocenters. The van der Waals surface area contributed by atoms with Crippen molar-refractivity contribution >= 4 is 23.4 Å². The van der Waals surface area contributed by atoms with E-state index in [0.717, 1.165) is 32.0 Å². The summed E-state index contributed by atoms with van der Waals surface area (Å²) < 4.78 is 5.25. The molecule has 0 amide bonds. The van der Waals surface area contributed by atoms with Crippen LogP contribution in [-0.4, -0.2) is 36.0 Å². The third kappa shape index (κ3) is 5.20. The third-order valence-electron chi connectivity index (χ3n) is 2.01. The van der Waals surface area contributed by atoms with E-state index in [0.29, 0.717) is 11.0 Å². The van der Waals surface area contributed by atoms with Crippen LogP contribution in [0, 0.1) is 0 Å². The van der Waals surface area contributed by atoms with Gasteiger partial charge in [0.2, 0.25) is 0 Å². The summed E-state index contributed by atoms with van der Waals surface area (Å²) in [6.45, 7) is 4.31. The van der Waals surface area contributed by atoms with E-state index in [4.69, 9.17) is 10.6 Å². The number of nitrogens with two attached hydrogens (primary N) is 1. The monoisotopic (exact) mass is 257 g/mol. The second kappa shape index (κ2) is 8.10. The molecule has 4 N–H and O–H groups in total. The number of hydrogen-bond acceptors (Lipinski definition) is 7. The molecule has 1 rings (SSSR count). The Bertz CT molecular complexity index is 314. The Morgan fingerprint density at radius 1 is 1.41 bits per heavy atom. The molecule has 0 radical (unpaired) electrons. The van der Waals surface area contributed by atoms with E-state index < -0.39 is 0 Å². The Kier molecular flexibility index (Phi) is 6.68. The van der Waals surface area contributed by atoms with Gasteiger partial charge < -0.3 is 15.5 Å². The van der Waals surface area contributed by atoms with E-state index >= 15 is 0 Å². The summed E-state index contributed by atoms with van der Waals surface area (Å²) in [4.78, 5) is 8.50. The standard InChI is InChI=1S/C10H19N5OS/c1-3-16-6-4-5-12-8-7-9(15-11)14-10(13-8)17-2/h7H,3-6,11H2,1-2H3,(H2,12,13,14,15). The van der Waals surface area contributed by atoms with E-state index in [2.05, 4.69) is 20.7 Å². The van der Waals surface area contributed by atoms with Crippen molar-refractivity contribution in [1.82, 2.24) is 9.97 Å².